The zero-order valence-corrected chi connectivity index (χ0v) is 17.3. The van der Waals surface area contributed by atoms with Gasteiger partial charge in [-0.1, -0.05) is 42.2 Å². The normalized spacial score (nSPS) is 16.2. The Kier molecular flexibility index (Phi) is 6.09. The van der Waals surface area contributed by atoms with E-state index in [0.717, 1.165) is 17.3 Å². The van der Waals surface area contributed by atoms with E-state index in [1.54, 1.807) is 31.2 Å². The van der Waals surface area contributed by atoms with Gasteiger partial charge in [-0.15, -0.1) is 0 Å². The minimum Gasteiger partial charge on any atom is -0.324 e. The predicted molar refractivity (Wildman–Crippen MR) is 117 cm³/mol. The third-order valence-corrected chi connectivity index (χ3v) is 5.73. The molecule has 9 heteroatoms. The Morgan fingerprint density at radius 2 is 1.90 bits per heavy atom. The van der Waals surface area contributed by atoms with E-state index < -0.39 is 11.0 Å². The number of non-ortho nitro benzene ring substituents is 1. The van der Waals surface area contributed by atoms with Gasteiger partial charge in [-0.25, -0.2) is 0 Å². The summed E-state index contributed by atoms with van der Waals surface area (Å²) in [6.07, 6.45) is 1.61. The lowest BCUT2D eigenvalue weighted by atomic mass is 10.1. The van der Waals surface area contributed by atoms with Crippen LogP contribution in [0.2, 0.25) is 0 Å². The van der Waals surface area contributed by atoms with Crippen LogP contribution in [0, 0.1) is 17.0 Å². The van der Waals surface area contributed by atoms with Crippen LogP contribution in [-0.4, -0.2) is 32.0 Å². The quantitative estimate of drug-likeness (QED) is 0.334. The number of rotatable bonds is 5. The summed E-state index contributed by atoms with van der Waals surface area (Å²) in [6, 6.07) is 12.4. The lowest BCUT2D eigenvalue weighted by Gasteiger charge is -2.22. The van der Waals surface area contributed by atoms with Crippen LogP contribution >= 0.6 is 24.0 Å². The predicted octanol–water partition coefficient (Wildman–Crippen LogP) is 4.13. The summed E-state index contributed by atoms with van der Waals surface area (Å²) >= 11 is 6.41. The Hall–Kier alpha value is -3.04. The average molecular weight is 428 g/mol. The Balaban J connectivity index is 1.76. The molecule has 0 radical (unpaired) electrons. The Morgan fingerprint density at radius 1 is 1.24 bits per heavy atom. The van der Waals surface area contributed by atoms with Gasteiger partial charge in [0, 0.05) is 17.8 Å². The first-order chi connectivity index (χ1) is 13.8. The van der Waals surface area contributed by atoms with Crippen LogP contribution in [0.25, 0.3) is 6.08 Å². The number of aryl methyl sites for hydroxylation is 1. The van der Waals surface area contributed by atoms with Crippen LogP contribution in [0.1, 0.15) is 18.1 Å². The summed E-state index contributed by atoms with van der Waals surface area (Å²) in [5, 5.41) is 13.6. The molecule has 7 nitrogen and oxygen atoms in total. The highest BCUT2D eigenvalue weighted by molar-refractivity contribution is 8.26. The summed E-state index contributed by atoms with van der Waals surface area (Å²) in [6.45, 7) is 3.50. The van der Waals surface area contributed by atoms with Gasteiger partial charge in [0.05, 0.1) is 9.83 Å². The van der Waals surface area contributed by atoms with Crippen molar-refractivity contribution in [3.63, 3.8) is 0 Å². The van der Waals surface area contributed by atoms with Gasteiger partial charge in [-0.3, -0.25) is 24.6 Å². The molecular weight excluding hydrogens is 410 g/mol. The molecule has 3 rings (SSSR count). The van der Waals surface area contributed by atoms with Crippen molar-refractivity contribution in [1.82, 2.24) is 4.90 Å². The number of thioether (sulfide) groups is 1. The highest BCUT2D eigenvalue weighted by atomic mass is 32.2. The average Bonchev–Trinajstić information content (AvgIpc) is 2.96. The number of nitrogens with one attached hydrogen (secondary N) is 1. The topological polar surface area (TPSA) is 92.6 Å². The van der Waals surface area contributed by atoms with Crippen LogP contribution in [0.15, 0.2) is 53.4 Å². The van der Waals surface area contributed by atoms with Crippen LogP contribution in [0.5, 0.6) is 0 Å². The third kappa shape index (κ3) is 4.52. The van der Waals surface area contributed by atoms with E-state index in [0.29, 0.717) is 16.2 Å². The van der Waals surface area contributed by atoms with Crippen LogP contribution in [-0.2, 0) is 9.59 Å². The lowest BCUT2D eigenvalue weighted by Crippen LogP contribution is -2.44. The second kappa shape index (κ2) is 8.54. The number of para-hydroxylation sites is 1. The van der Waals surface area contributed by atoms with Crippen molar-refractivity contribution in [2.24, 2.45) is 0 Å². The highest BCUT2D eigenvalue weighted by Crippen LogP contribution is 2.34. The smallest absolute Gasteiger partial charge is 0.269 e. The SMILES string of the molecule is Cc1ccccc1NC(=O)C(C)N1C(=O)/C(=C/c2ccc([N+](=O)[O-])cc2)SC1=S. The van der Waals surface area contributed by atoms with Gasteiger partial charge in [0.25, 0.3) is 11.6 Å². The minimum atomic E-state index is -0.787. The fourth-order valence-electron chi connectivity index (χ4n) is 2.72. The first kappa shape index (κ1) is 20.7. The molecule has 1 aliphatic rings. The fourth-order valence-corrected chi connectivity index (χ4v) is 4.14. The molecule has 1 atom stereocenters. The van der Waals surface area contributed by atoms with Gasteiger partial charge in [0.15, 0.2) is 0 Å². The molecule has 0 aromatic heterocycles. The zero-order valence-electron chi connectivity index (χ0n) is 15.6. The Bertz CT molecular complexity index is 1030. The number of hydrogen-bond donors (Lipinski definition) is 1. The number of thiocarbonyl (C=S) groups is 1. The van der Waals surface area contributed by atoms with E-state index in [-0.39, 0.29) is 21.8 Å². The molecular formula is C20H17N3O4S2. The summed E-state index contributed by atoms with van der Waals surface area (Å²) in [4.78, 5) is 37.4. The molecule has 29 heavy (non-hydrogen) atoms. The van der Waals surface area contributed by atoms with E-state index in [1.807, 2.05) is 25.1 Å². The number of carbonyl (C=O) groups is 2. The van der Waals surface area contributed by atoms with E-state index in [1.165, 1.54) is 17.0 Å². The number of nitrogens with zero attached hydrogens (tertiary/aromatic N) is 2. The molecule has 1 saturated heterocycles. The second-order valence-electron chi connectivity index (χ2n) is 6.38. The van der Waals surface area contributed by atoms with Crippen molar-refractivity contribution in [2.75, 3.05) is 5.32 Å². The van der Waals surface area contributed by atoms with Gasteiger partial charge in [0.2, 0.25) is 5.91 Å². The molecule has 2 aromatic rings. The first-order valence-corrected chi connectivity index (χ1v) is 9.88. The van der Waals surface area contributed by atoms with Crippen LogP contribution < -0.4 is 5.32 Å². The molecule has 0 aliphatic carbocycles. The minimum absolute atomic E-state index is 0.0313. The molecule has 0 saturated carbocycles. The standard InChI is InChI=1S/C20H17N3O4S2/c1-12-5-3-4-6-16(12)21-18(24)13(2)22-19(25)17(29-20(22)28)11-14-7-9-15(10-8-14)23(26)27/h3-11,13H,1-2H3,(H,21,24)/b17-11-. The lowest BCUT2D eigenvalue weighted by molar-refractivity contribution is -0.384. The molecule has 1 aliphatic heterocycles. The Morgan fingerprint density at radius 3 is 2.52 bits per heavy atom. The fraction of sp³-hybridized carbons (Fsp3) is 0.150. The van der Waals surface area contributed by atoms with Crippen molar-refractivity contribution in [2.45, 2.75) is 19.9 Å². The largest absolute Gasteiger partial charge is 0.324 e. The molecule has 1 unspecified atom stereocenters. The summed E-state index contributed by atoms with van der Waals surface area (Å²) in [5.41, 5.74) is 2.19. The van der Waals surface area contributed by atoms with Gasteiger partial charge in [0.1, 0.15) is 10.4 Å². The number of hydrogen-bond acceptors (Lipinski definition) is 6. The molecule has 2 aromatic carbocycles. The van der Waals surface area contributed by atoms with E-state index >= 15 is 0 Å². The maximum Gasteiger partial charge on any atom is 0.269 e. The van der Waals surface area contributed by atoms with Gasteiger partial charge < -0.3 is 5.32 Å². The third-order valence-electron chi connectivity index (χ3n) is 4.39. The monoisotopic (exact) mass is 427 g/mol. The summed E-state index contributed by atoms with van der Waals surface area (Å²) in [5.74, 6) is -0.710. The number of amides is 2. The Labute approximate surface area is 176 Å². The maximum absolute atomic E-state index is 12.8. The van der Waals surface area contributed by atoms with E-state index in [4.69, 9.17) is 12.2 Å². The van der Waals surface area contributed by atoms with Gasteiger partial charge in [-0.05, 0) is 49.2 Å². The van der Waals surface area contributed by atoms with Crippen LogP contribution in [0.4, 0.5) is 11.4 Å². The molecule has 2 amide bonds. The molecule has 148 valence electrons. The summed E-state index contributed by atoms with van der Waals surface area (Å²) in [7, 11) is 0. The molecule has 1 heterocycles. The van der Waals surface area contributed by atoms with Crippen molar-refractivity contribution >= 4 is 57.6 Å². The van der Waals surface area contributed by atoms with Crippen molar-refractivity contribution < 1.29 is 14.5 Å². The van der Waals surface area contributed by atoms with Crippen molar-refractivity contribution in [3.8, 4) is 0 Å². The van der Waals surface area contributed by atoms with Crippen molar-refractivity contribution in [1.29, 1.82) is 0 Å². The van der Waals surface area contributed by atoms with Gasteiger partial charge in [-0.2, -0.15) is 0 Å². The number of anilines is 1. The summed E-state index contributed by atoms with van der Waals surface area (Å²) < 4.78 is 0.288. The number of nitro benzene ring substituents is 1. The molecule has 0 bridgehead atoms. The maximum atomic E-state index is 12.8. The first-order valence-electron chi connectivity index (χ1n) is 8.66. The van der Waals surface area contributed by atoms with E-state index in [2.05, 4.69) is 5.32 Å². The molecule has 1 fully saturated rings. The molecule has 1 N–H and O–H groups in total. The highest BCUT2D eigenvalue weighted by Gasteiger charge is 2.38. The number of nitro groups is 1. The van der Waals surface area contributed by atoms with Crippen LogP contribution in [0.3, 0.4) is 0 Å². The van der Waals surface area contributed by atoms with Gasteiger partial charge >= 0.3 is 0 Å². The number of benzene rings is 2. The number of carbonyl (C=O) groups excluding carboxylic acids is 2. The zero-order chi connectivity index (χ0) is 21.1. The van der Waals surface area contributed by atoms with Crippen molar-refractivity contribution in [3.05, 3.63) is 74.7 Å². The second-order valence-corrected chi connectivity index (χ2v) is 8.06. The van der Waals surface area contributed by atoms with E-state index in [9.17, 15) is 19.7 Å². The molecule has 0 spiro atoms.